The van der Waals surface area contributed by atoms with Crippen molar-refractivity contribution in [3.05, 3.63) is 65.0 Å². The third kappa shape index (κ3) is 5.34. The van der Waals surface area contributed by atoms with Crippen molar-refractivity contribution in [1.29, 1.82) is 0 Å². The molecule has 4 nitrogen and oxygen atoms in total. The third-order valence-electron chi connectivity index (χ3n) is 3.85. The van der Waals surface area contributed by atoms with Gasteiger partial charge in [0.1, 0.15) is 5.75 Å². The molecule has 0 aliphatic carbocycles. The van der Waals surface area contributed by atoms with E-state index in [1.165, 1.54) is 17.4 Å². The molecule has 1 N–H and O–H groups in total. The van der Waals surface area contributed by atoms with Crippen LogP contribution in [-0.4, -0.2) is 17.5 Å². The van der Waals surface area contributed by atoms with Crippen LogP contribution < -0.4 is 10.1 Å². The van der Waals surface area contributed by atoms with Crippen LogP contribution in [0.4, 0.5) is 13.9 Å². The largest absolute Gasteiger partial charge is 0.434 e. The Morgan fingerprint density at radius 3 is 2.81 bits per heavy atom. The number of alkyl halides is 2. The number of carbonyl (C=O) groups is 1. The van der Waals surface area contributed by atoms with Gasteiger partial charge in [0.05, 0.1) is 5.69 Å². The Bertz CT molecular complexity index is 928. The zero-order valence-corrected chi connectivity index (χ0v) is 15.4. The van der Waals surface area contributed by atoms with Crippen molar-refractivity contribution >= 4 is 22.4 Å². The van der Waals surface area contributed by atoms with Crippen LogP contribution in [0.3, 0.4) is 0 Å². The van der Waals surface area contributed by atoms with Crippen molar-refractivity contribution in [3.8, 4) is 17.0 Å². The van der Waals surface area contributed by atoms with E-state index in [1.807, 2.05) is 25.1 Å². The summed E-state index contributed by atoms with van der Waals surface area (Å²) in [5, 5.41) is 4.88. The van der Waals surface area contributed by atoms with E-state index >= 15 is 0 Å². The van der Waals surface area contributed by atoms with E-state index in [4.69, 9.17) is 0 Å². The van der Waals surface area contributed by atoms with Crippen molar-refractivity contribution in [3.63, 3.8) is 0 Å². The van der Waals surface area contributed by atoms with Gasteiger partial charge in [-0.25, -0.2) is 4.98 Å². The smallest absolute Gasteiger partial charge is 0.387 e. The maximum Gasteiger partial charge on any atom is 0.387 e. The number of aromatic nitrogens is 1. The van der Waals surface area contributed by atoms with Crippen molar-refractivity contribution in [2.75, 3.05) is 5.32 Å². The fourth-order valence-electron chi connectivity index (χ4n) is 2.64. The fraction of sp³-hybridized carbons (Fsp3) is 0.200. The number of hydrogen-bond donors (Lipinski definition) is 1. The molecule has 0 atom stereocenters. The number of halogens is 2. The Hall–Kier alpha value is -2.80. The van der Waals surface area contributed by atoms with Crippen LogP contribution in [0.1, 0.15) is 17.5 Å². The summed E-state index contributed by atoms with van der Waals surface area (Å²) in [6, 6.07) is 14.5. The molecule has 140 valence electrons. The molecule has 3 rings (SSSR count). The maximum absolute atomic E-state index is 12.5. The molecule has 7 heteroatoms. The Morgan fingerprint density at radius 1 is 1.22 bits per heavy atom. The Kier molecular flexibility index (Phi) is 6.13. The second-order valence-electron chi connectivity index (χ2n) is 5.95. The van der Waals surface area contributed by atoms with E-state index < -0.39 is 6.61 Å². The number of nitrogens with one attached hydrogen (secondary N) is 1. The van der Waals surface area contributed by atoms with Crippen molar-refractivity contribution in [1.82, 2.24) is 4.98 Å². The molecule has 1 heterocycles. The molecule has 3 aromatic rings. The molecule has 0 radical (unpaired) electrons. The first-order chi connectivity index (χ1) is 13.0. The first kappa shape index (κ1) is 19.0. The summed E-state index contributed by atoms with van der Waals surface area (Å²) in [6.45, 7) is -0.901. The van der Waals surface area contributed by atoms with Crippen LogP contribution >= 0.6 is 11.3 Å². The fourth-order valence-corrected chi connectivity index (χ4v) is 3.37. The molecule has 0 fully saturated rings. The first-order valence-corrected chi connectivity index (χ1v) is 9.24. The summed E-state index contributed by atoms with van der Waals surface area (Å²) in [7, 11) is 0. The summed E-state index contributed by atoms with van der Waals surface area (Å²) < 4.78 is 29.6. The quantitative estimate of drug-likeness (QED) is 0.598. The summed E-state index contributed by atoms with van der Waals surface area (Å²) in [6.07, 6.45) is 0.972. The molecule has 0 aliphatic rings. The van der Waals surface area contributed by atoms with Gasteiger partial charge < -0.3 is 10.1 Å². The van der Waals surface area contributed by atoms with Crippen LogP contribution in [0.5, 0.6) is 5.75 Å². The molecule has 0 spiro atoms. The highest BCUT2D eigenvalue weighted by molar-refractivity contribution is 7.14. The average molecular weight is 388 g/mol. The number of para-hydroxylation sites is 1. The van der Waals surface area contributed by atoms with Gasteiger partial charge in [0.15, 0.2) is 5.13 Å². The van der Waals surface area contributed by atoms with Crippen LogP contribution in [-0.2, 0) is 11.2 Å². The number of amides is 1. The van der Waals surface area contributed by atoms with Gasteiger partial charge in [-0.15, -0.1) is 11.3 Å². The minimum absolute atomic E-state index is 0.0510. The summed E-state index contributed by atoms with van der Waals surface area (Å²) in [5.74, 6) is -0.0929. The van der Waals surface area contributed by atoms with E-state index in [0.29, 0.717) is 29.2 Å². The van der Waals surface area contributed by atoms with E-state index in [2.05, 4.69) is 21.1 Å². The highest BCUT2D eigenvalue weighted by Crippen LogP contribution is 2.33. The number of hydrogen-bond acceptors (Lipinski definition) is 4. The Morgan fingerprint density at radius 2 is 2.04 bits per heavy atom. The van der Waals surface area contributed by atoms with Crippen LogP contribution in [0.2, 0.25) is 0 Å². The van der Waals surface area contributed by atoms with Crippen molar-refractivity contribution < 1.29 is 18.3 Å². The van der Waals surface area contributed by atoms with E-state index in [-0.39, 0.29) is 11.7 Å². The Labute approximate surface area is 159 Å². The molecule has 0 saturated carbocycles. The lowest BCUT2D eigenvalue weighted by Crippen LogP contribution is -2.12. The second kappa shape index (κ2) is 8.73. The number of nitrogens with zero attached hydrogens (tertiary/aromatic N) is 1. The normalized spacial score (nSPS) is 10.8. The van der Waals surface area contributed by atoms with Gasteiger partial charge in [0.25, 0.3) is 0 Å². The van der Waals surface area contributed by atoms with Crippen molar-refractivity contribution in [2.24, 2.45) is 0 Å². The monoisotopic (exact) mass is 388 g/mol. The summed E-state index contributed by atoms with van der Waals surface area (Å²) in [4.78, 5) is 16.5. The van der Waals surface area contributed by atoms with E-state index in [0.717, 1.165) is 11.1 Å². The third-order valence-corrected chi connectivity index (χ3v) is 4.61. The molecule has 0 bridgehead atoms. The lowest BCUT2D eigenvalue weighted by Gasteiger charge is -2.08. The SMILES string of the molecule is Cc1cccc(CCC(=O)Nc2nc(-c3ccccc3OC(F)F)cs2)c1. The molecule has 2 aromatic carbocycles. The standard InChI is InChI=1S/C20H18F2N2O2S/c1-13-5-4-6-14(11-13)9-10-18(25)24-20-23-16(12-27-20)15-7-2-3-8-17(15)26-19(21)22/h2-8,11-12,19H,9-10H2,1H3,(H,23,24,25). The van der Waals surface area contributed by atoms with Crippen molar-refractivity contribution in [2.45, 2.75) is 26.4 Å². The molecule has 0 saturated heterocycles. The van der Waals surface area contributed by atoms with Gasteiger partial charge in [-0.1, -0.05) is 42.0 Å². The minimum atomic E-state index is -2.91. The van der Waals surface area contributed by atoms with E-state index in [1.54, 1.807) is 23.6 Å². The zero-order valence-electron chi connectivity index (χ0n) is 14.6. The predicted octanol–water partition coefficient (Wildman–Crippen LogP) is 5.29. The molecule has 1 amide bonds. The number of carbonyl (C=O) groups excluding carboxylic acids is 1. The number of rotatable bonds is 7. The second-order valence-corrected chi connectivity index (χ2v) is 6.81. The average Bonchev–Trinajstić information content (AvgIpc) is 3.08. The first-order valence-electron chi connectivity index (χ1n) is 8.36. The highest BCUT2D eigenvalue weighted by atomic mass is 32.1. The number of thiazole rings is 1. The highest BCUT2D eigenvalue weighted by Gasteiger charge is 2.14. The number of aryl methyl sites for hydroxylation is 2. The molecule has 0 unspecified atom stereocenters. The molecular formula is C20H18F2N2O2S. The molecule has 1 aromatic heterocycles. The molecular weight excluding hydrogens is 370 g/mol. The van der Waals surface area contributed by atoms with Gasteiger partial charge >= 0.3 is 6.61 Å². The summed E-state index contributed by atoms with van der Waals surface area (Å²) in [5.41, 5.74) is 3.18. The number of benzene rings is 2. The predicted molar refractivity (Wildman–Crippen MR) is 102 cm³/mol. The van der Waals surface area contributed by atoms with Gasteiger partial charge in [-0.05, 0) is 31.0 Å². The van der Waals surface area contributed by atoms with Gasteiger partial charge in [-0.3, -0.25) is 4.79 Å². The number of ether oxygens (including phenoxy) is 1. The van der Waals surface area contributed by atoms with Gasteiger partial charge in [0, 0.05) is 17.4 Å². The van der Waals surface area contributed by atoms with Gasteiger partial charge in [0.2, 0.25) is 5.91 Å². The zero-order chi connectivity index (χ0) is 19.2. The lowest BCUT2D eigenvalue weighted by molar-refractivity contribution is -0.116. The number of anilines is 1. The molecule has 27 heavy (non-hydrogen) atoms. The van der Waals surface area contributed by atoms with Crippen LogP contribution in [0, 0.1) is 6.92 Å². The van der Waals surface area contributed by atoms with Crippen LogP contribution in [0.15, 0.2) is 53.9 Å². The van der Waals surface area contributed by atoms with Gasteiger partial charge in [-0.2, -0.15) is 8.78 Å². The minimum Gasteiger partial charge on any atom is -0.434 e. The maximum atomic E-state index is 12.5. The Balaban J connectivity index is 1.63. The van der Waals surface area contributed by atoms with Crippen LogP contribution in [0.25, 0.3) is 11.3 Å². The molecule has 0 aliphatic heterocycles. The van der Waals surface area contributed by atoms with E-state index in [9.17, 15) is 13.6 Å². The lowest BCUT2D eigenvalue weighted by atomic mass is 10.1. The summed E-state index contributed by atoms with van der Waals surface area (Å²) >= 11 is 1.24. The topological polar surface area (TPSA) is 51.2 Å².